The molecule has 0 spiro atoms. The van der Waals surface area contributed by atoms with E-state index in [0.717, 1.165) is 16.0 Å². The molecule has 9 heteroatoms. The zero-order valence-corrected chi connectivity index (χ0v) is 17.0. The lowest BCUT2D eigenvalue weighted by Crippen LogP contribution is -2.38. The normalized spacial score (nSPS) is 12.8. The van der Waals surface area contributed by atoms with Gasteiger partial charge in [0.2, 0.25) is 11.8 Å². The van der Waals surface area contributed by atoms with Crippen LogP contribution < -0.4 is 16.4 Å². The maximum absolute atomic E-state index is 12.3. The Labute approximate surface area is 178 Å². The summed E-state index contributed by atoms with van der Waals surface area (Å²) in [5, 5.41) is 15.3. The van der Waals surface area contributed by atoms with E-state index in [1.165, 1.54) is 17.4 Å². The Kier molecular flexibility index (Phi) is 6.83. The largest absolute Gasteiger partial charge is 0.352 e. The number of fused-ring (bicyclic) bond motifs is 1. The fourth-order valence-electron chi connectivity index (χ4n) is 3.16. The Balaban J connectivity index is 1.66. The van der Waals surface area contributed by atoms with Gasteiger partial charge in [0.05, 0.1) is 12.1 Å². The zero-order chi connectivity index (χ0) is 21.5. The summed E-state index contributed by atoms with van der Waals surface area (Å²) in [5.41, 5.74) is 7.24. The van der Waals surface area contributed by atoms with Crippen LogP contribution in [0.5, 0.6) is 0 Å². The van der Waals surface area contributed by atoms with Crippen molar-refractivity contribution in [2.45, 2.75) is 19.4 Å². The predicted molar refractivity (Wildman–Crippen MR) is 114 cm³/mol. The standard InChI is InChI=1S/C21H21N5O3S/c22-12-16-15-9-11-26(19(28)8-10-24-21(23)29)13-17(15)30-20(16)25-18(27)7-6-14-4-2-1-3-5-14/h1-7H,8-11,13H2,(H,25,27)(H3,23,24,29)/b7-6+. The molecule has 1 aliphatic rings. The van der Waals surface area contributed by atoms with Gasteiger partial charge in [0.15, 0.2) is 0 Å². The van der Waals surface area contributed by atoms with Gasteiger partial charge in [-0.05, 0) is 23.6 Å². The summed E-state index contributed by atoms with van der Waals surface area (Å²) in [6.07, 6.45) is 3.83. The highest BCUT2D eigenvalue weighted by molar-refractivity contribution is 7.16. The Bertz CT molecular complexity index is 1020. The van der Waals surface area contributed by atoms with E-state index < -0.39 is 6.03 Å². The minimum Gasteiger partial charge on any atom is -0.352 e. The molecule has 1 aliphatic heterocycles. The number of benzene rings is 1. The number of nitrogens with two attached hydrogens (primary N) is 1. The molecule has 0 saturated heterocycles. The smallest absolute Gasteiger partial charge is 0.312 e. The molecule has 4 amide bonds. The van der Waals surface area contributed by atoms with Crippen LogP contribution in [0.15, 0.2) is 36.4 Å². The molecular weight excluding hydrogens is 402 g/mol. The Hall–Kier alpha value is -3.64. The number of primary amides is 1. The molecule has 0 bridgehead atoms. The van der Waals surface area contributed by atoms with Crippen molar-refractivity contribution < 1.29 is 14.4 Å². The molecule has 30 heavy (non-hydrogen) atoms. The molecule has 3 rings (SSSR count). The van der Waals surface area contributed by atoms with E-state index in [-0.39, 0.29) is 24.8 Å². The van der Waals surface area contributed by atoms with Gasteiger partial charge in [0.1, 0.15) is 11.1 Å². The van der Waals surface area contributed by atoms with E-state index in [0.29, 0.717) is 30.1 Å². The van der Waals surface area contributed by atoms with Crippen molar-refractivity contribution in [3.63, 3.8) is 0 Å². The first-order chi connectivity index (χ1) is 14.5. The molecular formula is C21H21N5O3S. The van der Waals surface area contributed by atoms with Crippen molar-refractivity contribution in [2.75, 3.05) is 18.4 Å². The van der Waals surface area contributed by atoms with Crippen LogP contribution in [0.4, 0.5) is 9.80 Å². The van der Waals surface area contributed by atoms with Crippen LogP contribution in [-0.4, -0.2) is 35.8 Å². The lowest BCUT2D eigenvalue weighted by Gasteiger charge is -2.27. The number of anilines is 1. The third kappa shape index (κ3) is 5.24. The van der Waals surface area contributed by atoms with E-state index in [9.17, 15) is 19.6 Å². The number of amides is 4. The zero-order valence-electron chi connectivity index (χ0n) is 16.2. The monoisotopic (exact) mass is 423 g/mol. The quantitative estimate of drug-likeness (QED) is 0.615. The number of carbonyl (C=O) groups excluding carboxylic acids is 3. The lowest BCUT2D eigenvalue weighted by molar-refractivity contribution is -0.131. The summed E-state index contributed by atoms with van der Waals surface area (Å²) in [6, 6.07) is 11.0. The Morgan fingerprint density at radius 3 is 2.73 bits per heavy atom. The van der Waals surface area contributed by atoms with Crippen LogP contribution in [0.2, 0.25) is 0 Å². The molecule has 0 aliphatic carbocycles. The summed E-state index contributed by atoms with van der Waals surface area (Å²) in [6.45, 7) is 1.04. The average Bonchev–Trinajstić information content (AvgIpc) is 3.08. The first kappa shape index (κ1) is 21.1. The highest BCUT2D eigenvalue weighted by Crippen LogP contribution is 2.36. The Morgan fingerprint density at radius 1 is 1.27 bits per heavy atom. The van der Waals surface area contributed by atoms with Gasteiger partial charge in [-0.1, -0.05) is 30.3 Å². The van der Waals surface area contributed by atoms with Crippen LogP contribution in [0, 0.1) is 11.3 Å². The molecule has 2 aromatic rings. The fourth-order valence-corrected chi connectivity index (χ4v) is 4.38. The fraction of sp³-hybridized carbons (Fsp3) is 0.238. The number of rotatable bonds is 6. The van der Waals surface area contributed by atoms with Crippen molar-refractivity contribution in [1.82, 2.24) is 10.2 Å². The highest BCUT2D eigenvalue weighted by Gasteiger charge is 2.27. The molecule has 2 heterocycles. The van der Waals surface area contributed by atoms with Gasteiger partial charge in [-0.25, -0.2) is 4.79 Å². The molecule has 154 valence electrons. The van der Waals surface area contributed by atoms with Crippen LogP contribution in [-0.2, 0) is 22.6 Å². The van der Waals surface area contributed by atoms with Crippen LogP contribution >= 0.6 is 11.3 Å². The molecule has 0 fully saturated rings. The third-order valence-corrected chi connectivity index (χ3v) is 5.76. The summed E-state index contributed by atoms with van der Waals surface area (Å²) in [5.74, 6) is -0.419. The predicted octanol–water partition coefficient (Wildman–Crippen LogP) is 2.21. The average molecular weight is 423 g/mol. The van der Waals surface area contributed by atoms with E-state index in [1.54, 1.807) is 11.0 Å². The summed E-state index contributed by atoms with van der Waals surface area (Å²) < 4.78 is 0. The first-order valence-electron chi connectivity index (χ1n) is 9.37. The van der Waals surface area contributed by atoms with Crippen LogP contribution in [0.3, 0.4) is 0 Å². The SMILES string of the molecule is N#Cc1c(NC(=O)/C=C/c2ccccc2)sc2c1CCN(C(=O)CCNC(N)=O)C2. The van der Waals surface area contributed by atoms with Crippen LogP contribution in [0.1, 0.15) is 28.0 Å². The van der Waals surface area contributed by atoms with E-state index in [2.05, 4.69) is 16.7 Å². The molecule has 0 atom stereocenters. The maximum Gasteiger partial charge on any atom is 0.312 e. The van der Waals surface area contributed by atoms with Crippen molar-refractivity contribution >= 4 is 40.3 Å². The van der Waals surface area contributed by atoms with Crippen molar-refractivity contribution in [3.8, 4) is 6.07 Å². The minimum atomic E-state index is -0.664. The third-order valence-electron chi connectivity index (χ3n) is 4.62. The van der Waals surface area contributed by atoms with E-state index >= 15 is 0 Å². The molecule has 0 unspecified atom stereocenters. The number of nitrogens with zero attached hydrogens (tertiary/aromatic N) is 2. The number of nitrogens with one attached hydrogen (secondary N) is 2. The molecule has 1 aromatic heterocycles. The molecule has 8 nitrogen and oxygen atoms in total. The molecule has 0 radical (unpaired) electrons. The lowest BCUT2D eigenvalue weighted by atomic mass is 10.0. The van der Waals surface area contributed by atoms with Gasteiger partial charge in [-0.2, -0.15) is 5.26 Å². The molecule has 1 aromatic carbocycles. The number of carbonyl (C=O) groups is 3. The first-order valence-corrected chi connectivity index (χ1v) is 10.2. The topological polar surface area (TPSA) is 128 Å². The second kappa shape index (κ2) is 9.71. The van der Waals surface area contributed by atoms with Crippen LogP contribution in [0.25, 0.3) is 6.08 Å². The van der Waals surface area contributed by atoms with Gasteiger partial charge < -0.3 is 21.3 Å². The van der Waals surface area contributed by atoms with E-state index in [4.69, 9.17) is 5.73 Å². The van der Waals surface area contributed by atoms with Gasteiger partial charge in [0.25, 0.3) is 0 Å². The second-order valence-electron chi connectivity index (χ2n) is 6.66. The van der Waals surface area contributed by atoms with E-state index in [1.807, 2.05) is 30.3 Å². The van der Waals surface area contributed by atoms with Crippen molar-refractivity contribution in [2.24, 2.45) is 5.73 Å². The number of urea groups is 1. The van der Waals surface area contributed by atoms with Crippen molar-refractivity contribution in [3.05, 3.63) is 58.0 Å². The highest BCUT2D eigenvalue weighted by atomic mass is 32.1. The van der Waals surface area contributed by atoms with Gasteiger partial charge in [-0.15, -0.1) is 11.3 Å². The second-order valence-corrected chi connectivity index (χ2v) is 7.76. The van der Waals surface area contributed by atoms with Gasteiger partial charge >= 0.3 is 6.03 Å². The number of nitriles is 1. The maximum atomic E-state index is 12.3. The number of thiophene rings is 1. The van der Waals surface area contributed by atoms with Gasteiger partial charge in [0, 0.05) is 30.5 Å². The molecule has 0 saturated carbocycles. The number of hydrogen-bond donors (Lipinski definition) is 3. The Morgan fingerprint density at radius 2 is 2.03 bits per heavy atom. The summed E-state index contributed by atoms with van der Waals surface area (Å²) in [4.78, 5) is 37.9. The van der Waals surface area contributed by atoms with Gasteiger partial charge in [-0.3, -0.25) is 9.59 Å². The number of hydrogen-bond acceptors (Lipinski definition) is 5. The minimum absolute atomic E-state index is 0.0994. The summed E-state index contributed by atoms with van der Waals surface area (Å²) >= 11 is 1.31. The molecule has 4 N–H and O–H groups in total. The summed E-state index contributed by atoms with van der Waals surface area (Å²) in [7, 11) is 0. The van der Waals surface area contributed by atoms with Crippen molar-refractivity contribution in [1.29, 1.82) is 5.26 Å².